The Morgan fingerprint density at radius 1 is 0.765 bits per heavy atom. The fraction of sp³-hybridized carbons (Fsp3) is 0.500. The molecule has 2 rings (SSSR count). The Kier molecular flexibility index (Phi) is 3.62. The van der Waals surface area contributed by atoms with Crippen molar-refractivity contribution in [2.45, 2.75) is 39.4 Å². The maximum absolute atomic E-state index is 6.23. The van der Waals surface area contributed by atoms with Crippen LogP contribution >= 0.6 is 46.4 Å². The monoisotopic (exact) mass is 311 g/mol. The predicted octanol–water partition coefficient (Wildman–Crippen LogP) is 5.41. The first-order valence-corrected chi connectivity index (χ1v) is 6.83. The predicted molar refractivity (Wildman–Crippen MR) is 75.5 cm³/mol. The second kappa shape index (κ2) is 4.47. The van der Waals surface area contributed by atoms with Crippen LogP contribution in [0.4, 0.5) is 0 Å². The average molecular weight is 313 g/mol. The number of hydrogen-bond donors (Lipinski definition) is 0. The number of fused-ring (bicyclic) bond motifs is 1. The lowest BCUT2D eigenvalue weighted by Crippen LogP contribution is -2.36. The fourth-order valence-corrected chi connectivity index (χ4v) is 3.01. The SMILES string of the molecule is CC(C)(C)N1Cc2c(Cl)c(Cl)c(Cl)c(Cl)c2C1. The fourth-order valence-electron chi connectivity index (χ4n) is 1.96. The first kappa shape index (κ1) is 13.8. The second-order valence-corrected chi connectivity index (χ2v) is 6.75. The lowest BCUT2D eigenvalue weighted by atomic mass is 10.1. The van der Waals surface area contributed by atoms with Gasteiger partial charge >= 0.3 is 0 Å². The van der Waals surface area contributed by atoms with Gasteiger partial charge in [0.05, 0.1) is 20.1 Å². The lowest BCUT2D eigenvalue weighted by molar-refractivity contribution is 0.136. The molecule has 0 spiro atoms. The summed E-state index contributed by atoms with van der Waals surface area (Å²) >= 11 is 24.6. The van der Waals surface area contributed by atoms with Gasteiger partial charge in [0.25, 0.3) is 0 Å². The van der Waals surface area contributed by atoms with Crippen LogP contribution < -0.4 is 0 Å². The van der Waals surface area contributed by atoms with Crippen molar-refractivity contribution < 1.29 is 0 Å². The summed E-state index contributed by atoms with van der Waals surface area (Å²) < 4.78 is 0. The number of rotatable bonds is 0. The van der Waals surface area contributed by atoms with E-state index in [1.807, 2.05) is 0 Å². The molecule has 1 nitrogen and oxygen atoms in total. The molecular weight excluding hydrogens is 300 g/mol. The Balaban J connectivity index is 2.53. The highest BCUT2D eigenvalue weighted by Gasteiger charge is 2.33. The third-order valence-electron chi connectivity index (χ3n) is 3.12. The van der Waals surface area contributed by atoms with Gasteiger partial charge in [0.1, 0.15) is 0 Å². The highest BCUT2D eigenvalue weighted by atomic mass is 35.5. The van der Waals surface area contributed by atoms with Gasteiger partial charge in [-0.3, -0.25) is 4.90 Å². The Labute approximate surface area is 122 Å². The molecule has 0 aliphatic carbocycles. The van der Waals surface area contributed by atoms with E-state index >= 15 is 0 Å². The topological polar surface area (TPSA) is 3.24 Å². The maximum atomic E-state index is 6.23. The lowest BCUT2D eigenvalue weighted by Gasteiger charge is -2.31. The van der Waals surface area contributed by atoms with Gasteiger partial charge < -0.3 is 0 Å². The first-order chi connectivity index (χ1) is 7.73. The van der Waals surface area contributed by atoms with Crippen molar-refractivity contribution in [2.24, 2.45) is 0 Å². The third kappa shape index (κ3) is 2.29. The van der Waals surface area contributed by atoms with Crippen molar-refractivity contribution in [3.63, 3.8) is 0 Å². The van der Waals surface area contributed by atoms with E-state index in [1.54, 1.807) is 0 Å². The minimum atomic E-state index is 0.0601. The molecule has 1 heterocycles. The van der Waals surface area contributed by atoms with Crippen molar-refractivity contribution >= 4 is 46.4 Å². The van der Waals surface area contributed by atoms with Gasteiger partial charge in [-0.15, -0.1) is 0 Å². The van der Waals surface area contributed by atoms with Crippen LogP contribution in [0, 0.1) is 0 Å². The maximum Gasteiger partial charge on any atom is 0.0797 e. The molecule has 0 N–H and O–H groups in total. The van der Waals surface area contributed by atoms with Crippen LogP contribution in [-0.2, 0) is 13.1 Å². The molecular formula is C12H13Cl4N. The summed E-state index contributed by atoms with van der Waals surface area (Å²) in [5, 5.41) is 1.77. The highest BCUT2D eigenvalue weighted by molar-refractivity contribution is 6.52. The number of nitrogens with zero attached hydrogens (tertiary/aromatic N) is 1. The zero-order valence-corrected chi connectivity index (χ0v) is 12.9. The van der Waals surface area contributed by atoms with Gasteiger partial charge in [-0.2, -0.15) is 0 Å². The summed E-state index contributed by atoms with van der Waals surface area (Å²) in [7, 11) is 0. The molecule has 1 aliphatic heterocycles. The van der Waals surface area contributed by atoms with E-state index in [9.17, 15) is 0 Å². The van der Waals surface area contributed by atoms with Crippen LogP contribution in [0.3, 0.4) is 0 Å². The van der Waals surface area contributed by atoms with E-state index in [0.717, 1.165) is 24.2 Å². The summed E-state index contributed by atoms with van der Waals surface area (Å²) in [6.07, 6.45) is 0. The zero-order valence-electron chi connectivity index (χ0n) is 9.87. The van der Waals surface area contributed by atoms with Crippen LogP contribution in [-0.4, -0.2) is 10.4 Å². The quantitative estimate of drug-likeness (QED) is 0.457. The summed E-state index contributed by atoms with van der Waals surface area (Å²) in [6, 6.07) is 0. The van der Waals surface area contributed by atoms with Crippen LogP contribution in [0.1, 0.15) is 31.9 Å². The van der Waals surface area contributed by atoms with Gasteiger partial charge in [-0.25, -0.2) is 0 Å². The summed E-state index contributed by atoms with van der Waals surface area (Å²) in [5.41, 5.74) is 2.06. The van der Waals surface area contributed by atoms with Crippen LogP contribution in [0.5, 0.6) is 0 Å². The number of benzene rings is 1. The molecule has 94 valence electrons. The second-order valence-electron chi connectivity index (χ2n) is 5.24. The third-order valence-corrected chi connectivity index (χ3v) is 5.00. The van der Waals surface area contributed by atoms with Crippen molar-refractivity contribution in [1.82, 2.24) is 4.90 Å². The van der Waals surface area contributed by atoms with Gasteiger partial charge in [0, 0.05) is 18.6 Å². The Morgan fingerprint density at radius 3 is 1.41 bits per heavy atom. The standard InChI is InChI=1S/C12H13Cl4N/c1-12(2,3)17-4-6-7(5-17)9(14)11(16)10(15)8(6)13/h4-5H2,1-3H3. The molecule has 0 atom stereocenters. The van der Waals surface area contributed by atoms with Crippen LogP contribution in [0.2, 0.25) is 20.1 Å². The number of hydrogen-bond acceptors (Lipinski definition) is 1. The highest BCUT2D eigenvalue weighted by Crippen LogP contribution is 2.45. The minimum Gasteiger partial charge on any atom is -0.290 e. The summed E-state index contributed by atoms with van der Waals surface area (Å²) in [6.45, 7) is 7.99. The zero-order chi connectivity index (χ0) is 13.0. The smallest absolute Gasteiger partial charge is 0.0797 e. The molecule has 0 unspecified atom stereocenters. The van der Waals surface area contributed by atoms with Crippen molar-refractivity contribution in [3.8, 4) is 0 Å². The summed E-state index contributed by atoms with van der Waals surface area (Å²) in [4.78, 5) is 2.29. The van der Waals surface area contributed by atoms with Crippen molar-refractivity contribution in [3.05, 3.63) is 31.2 Å². The van der Waals surface area contributed by atoms with E-state index < -0.39 is 0 Å². The molecule has 5 heteroatoms. The van der Waals surface area contributed by atoms with E-state index in [1.165, 1.54) is 0 Å². The average Bonchev–Trinajstić information content (AvgIpc) is 2.67. The molecule has 0 aromatic heterocycles. The molecule has 0 fully saturated rings. The Morgan fingerprint density at radius 2 is 1.12 bits per heavy atom. The molecule has 0 saturated carbocycles. The van der Waals surface area contributed by atoms with Gasteiger partial charge in [0.2, 0.25) is 0 Å². The van der Waals surface area contributed by atoms with Gasteiger partial charge in [-0.05, 0) is 31.9 Å². The van der Waals surface area contributed by atoms with E-state index in [-0.39, 0.29) is 5.54 Å². The van der Waals surface area contributed by atoms with Gasteiger partial charge in [-0.1, -0.05) is 46.4 Å². The molecule has 0 bridgehead atoms. The van der Waals surface area contributed by atoms with Crippen LogP contribution in [0.25, 0.3) is 0 Å². The largest absolute Gasteiger partial charge is 0.290 e. The molecule has 0 amide bonds. The van der Waals surface area contributed by atoms with Crippen molar-refractivity contribution in [2.75, 3.05) is 0 Å². The summed E-state index contributed by atoms with van der Waals surface area (Å²) in [5.74, 6) is 0. The first-order valence-electron chi connectivity index (χ1n) is 5.32. The normalized spacial score (nSPS) is 16.4. The Bertz CT molecular complexity index is 440. The molecule has 1 aliphatic rings. The van der Waals surface area contributed by atoms with Crippen molar-refractivity contribution in [1.29, 1.82) is 0 Å². The molecule has 17 heavy (non-hydrogen) atoms. The molecule has 1 aromatic rings. The molecule has 1 aromatic carbocycles. The van der Waals surface area contributed by atoms with E-state index in [0.29, 0.717) is 20.1 Å². The van der Waals surface area contributed by atoms with Gasteiger partial charge in [0.15, 0.2) is 0 Å². The molecule has 0 saturated heterocycles. The van der Waals surface area contributed by atoms with Crippen LogP contribution in [0.15, 0.2) is 0 Å². The Hall–Kier alpha value is 0.340. The number of halogens is 4. The van der Waals surface area contributed by atoms with E-state index in [2.05, 4.69) is 25.7 Å². The van der Waals surface area contributed by atoms with E-state index in [4.69, 9.17) is 46.4 Å². The minimum absolute atomic E-state index is 0.0601. The molecule has 0 radical (unpaired) electrons.